The first-order valence-electron chi connectivity index (χ1n) is 20.4. The van der Waals surface area contributed by atoms with Gasteiger partial charge >= 0.3 is 0 Å². The Morgan fingerprint density at radius 3 is 1.93 bits per heavy atom. The predicted octanol–water partition coefficient (Wildman–Crippen LogP) is 13.0. The molecule has 5 heteroatoms. The second kappa shape index (κ2) is 13.9. The SMILES string of the molecule is C1=c2oc3c(-c4cccc(-c5nc(-c6ccccc6)cc(-c6ccc7oc8ccccc8c7c6)n5)c4)nc4cccc(-c5cccc(-c6ccccc6)c5)c4c3c2=CCC1. The van der Waals surface area contributed by atoms with E-state index in [1.54, 1.807) is 0 Å². The molecule has 1 aliphatic rings. The van der Waals surface area contributed by atoms with Crippen LogP contribution in [0.3, 0.4) is 0 Å². The Hall–Kier alpha value is -7.89. The van der Waals surface area contributed by atoms with Crippen LogP contribution in [0.5, 0.6) is 0 Å². The Kier molecular flexibility index (Phi) is 7.91. The molecule has 4 heterocycles. The van der Waals surface area contributed by atoms with Crippen LogP contribution in [0.25, 0.3) is 123 Å². The fraction of sp³-hybridized carbons (Fsp3) is 0.0364. The van der Waals surface area contributed by atoms with E-state index >= 15 is 0 Å². The van der Waals surface area contributed by atoms with E-state index in [1.165, 1.54) is 11.1 Å². The Morgan fingerprint density at radius 1 is 0.400 bits per heavy atom. The topological polar surface area (TPSA) is 65.0 Å². The number of aromatic nitrogens is 3. The summed E-state index contributed by atoms with van der Waals surface area (Å²) in [6.45, 7) is 0. The van der Waals surface area contributed by atoms with E-state index in [0.29, 0.717) is 5.82 Å². The first-order valence-corrected chi connectivity index (χ1v) is 20.4. The van der Waals surface area contributed by atoms with E-state index in [2.05, 4.69) is 146 Å². The highest BCUT2D eigenvalue weighted by molar-refractivity contribution is 6.15. The van der Waals surface area contributed by atoms with Crippen LogP contribution >= 0.6 is 0 Å². The van der Waals surface area contributed by atoms with Crippen molar-refractivity contribution in [3.05, 3.63) is 187 Å². The molecule has 12 rings (SSSR count). The van der Waals surface area contributed by atoms with Crippen LogP contribution in [0.2, 0.25) is 0 Å². The number of furan rings is 2. The summed E-state index contributed by atoms with van der Waals surface area (Å²) in [5, 5.41) is 5.47. The maximum Gasteiger partial charge on any atom is 0.162 e. The van der Waals surface area contributed by atoms with Crippen molar-refractivity contribution < 1.29 is 8.83 Å². The highest BCUT2D eigenvalue weighted by atomic mass is 16.3. The van der Waals surface area contributed by atoms with Crippen molar-refractivity contribution >= 4 is 56.0 Å². The number of benzene rings is 7. The number of pyridine rings is 1. The Morgan fingerprint density at radius 2 is 1.07 bits per heavy atom. The zero-order valence-corrected chi connectivity index (χ0v) is 32.5. The van der Waals surface area contributed by atoms with Gasteiger partial charge in [0.05, 0.1) is 16.9 Å². The van der Waals surface area contributed by atoms with E-state index in [-0.39, 0.29) is 0 Å². The molecule has 7 aromatic carbocycles. The molecule has 0 N–H and O–H groups in total. The molecule has 4 aromatic heterocycles. The molecule has 1 aliphatic carbocycles. The van der Waals surface area contributed by atoms with Crippen molar-refractivity contribution in [1.29, 1.82) is 0 Å². The van der Waals surface area contributed by atoms with Crippen LogP contribution in [0.4, 0.5) is 0 Å². The van der Waals surface area contributed by atoms with Crippen molar-refractivity contribution in [3.63, 3.8) is 0 Å². The fourth-order valence-corrected chi connectivity index (χ4v) is 8.85. The van der Waals surface area contributed by atoms with Gasteiger partial charge in [0.25, 0.3) is 0 Å². The van der Waals surface area contributed by atoms with Crippen molar-refractivity contribution in [2.75, 3.05) is 0 Å². The summed E-state index contributed by atoms with van der Waals surface area (Å²) < 4.78 is 13.0. The van der Waals surface area contributed by atoms with Gasteiger partial charge in [-0.2, -0.15) is 0 Å². The van der Waals surface area contributed by atoms with Gasteiger partial charge in [0, 0.05) is 49.0 Å². The normalized spacial score (nSPS) is 12.5. The zero-order valence-electron chi connectivity index (χ0n) is 32.5. The lowest BCUT2D eigenvalue weighted by Crippen LogP contribution is -2.22. The van der Waals surface area contributed by atoms with E-state index in [9.17, 15) is 0 Å². The lowest BCUT2D eigenvalue weighted by atomic mass is 9.93. The van der Waals surface area contributed by atoms with Gasteiger partial charge in [-0.25, -0.2) is 15.0 Å². The molecule has 11 aromatic rings. The van der Waals surface area contributed by atoms with Crippen molar-refractivity contribution in [1.82, 2.24) is 15.0 Å². The van der Waals surface area contributed by atoms with Gasteiger partial charge in [0.1, 0.15) is 22.3 Å². The molecule has 0 saturated heterocycles. The largest absolute Gasteiger partial charge is 0.456 e. The molecule has 0 fully saturated rings. The van der Waals surface area contributed by atoms with E-state index in [1.807, 2.05) is 42.5 Å². The number of hydrogen-bond donors (Lipinski definition) is 0. The van der Waals surface area contributed by atoms with Gasteiger partial charge < -0.3 is 8.83 Å². The van der Waals surface area contributed by atoms with E-state index in [0.717, 1.165) is 118 Å². The second-order valence-electron chi connectivity index (χ2n) is 15.4. The van der Waals surface area contributed by atoms with Crippen LogP contribution in [-0.2, 0) is 0 Å². The second-order valence-corrected chi connectivity index (χ2v) is 15.4. The van der Waals surface area contributed by atoms with Gasteiger partial charge in [0.2, 0.25) is 0 Å². The summed E-state index contributed by atoms with van der Waals surface area (Å²) in [7, 11) is 0. The molecule has 0 radical (unpaired) electrons. The van der Waals surface area contributed by atoms with Gasteiger partial charge in [-0.3, -0.25) is 0 Å². The predicted molar refractivity (Wildman–Crippen MR) is 244 cm³/mol. The van der Waals surface area contributed by atoms with Gasteiger partial charge in [-0.15, -0.1) is 0 Å². The van der Waals surface area contributed by atoms with Crippen LogP contribution in [0.1, 0.15) is 12.8 Å². The molecule has 0 saturated carbocycles. The van der Waals surface area contributed by atoms with Crippen molar-refractivity contribution in [2.45, 2.75) is 12.8 Å². The average molecular weight is 770 g/mol. The molecule has 0 spiro atoms. The maximum absolute atomic E-state index is 6.84. The molecule has 282 valence electrons. The molecule has 0 atom stereocenters. The molecule has 0 amide bonds. The third-order valence-corrected chi connectivity index (χ3v) is 11.7. The first kappa shape index (κ1) is 34.2. The van der Waals surface area contributed by atoms with E-state index < -0.39 is 0 Å². The van der Waals surface area contributed by atoms with Gasteiger partial charge in [0.15, 0.2) is 11.4 Å². The molecule has 60 heavy (non-hydrogen) atoms. The standard InChI is InChI=1S/C55H35N3O2/c1-3-14-34(15-4-1)36-18-11-19-37(30-36)41-24-13-25-45-51(41)52-43-23-8-10-27-49(43)60-54(52)53(56-45)39-20-12-21-40(31-39)55-57-46(35-16-5-2-6-17-35)33-47(58-55)38-28-29-50-44(32-38)42-22-7-9-26-48(42)59-50/h1-7,9,11-33H,8,10H2. The lowest BCUT2D eigenvalue weighted by molar-refractivity contribution is 0.572. The van der Waals surface area contributed by atoms with Crippen LogP contribution < -0.4 is 10.6 Å². The quantitative estimate of drug-likeness (QED) is 0.168. The monoisotopic (exact) mass is 769 g/mol. The molecule has 0 bridgehead atoms. The highest BCUT2D eigenvalue weighted by Gasteiger charge is 2.21. The summed E-state index contributed by atoms with van der Waals surface area (Å²) in [4.78, 5) is 15.9. The molecule has 0 unspecified atom stereocenters. The third-order valence-electron chi connectivity index (χ3n) is 11.7. The number of fused-ring (bicyclic) bond motifs is 8. The number of hydrogen-bond acceptors (Lipinski definition) is 5. The summed E-state index contributed by atoms with van der Waals surface area (Å²) >= 11 is 0. The number of nitrogens with zero attached hydrogens (tertiary/aromatic N) is 3. The summed E-state index contributed by atoms with van der Waals surface area (Å²) in [6, 6.07) is 61.0. The van der Waals surface area contributed by atoms with Crippen molar-refractivity contribution in [2.24, 2.45) is 0 Å². The maximum atomic E-state index is 6.84. The Labute approximate surface area is 345 Å². The van der Waals surface area contributed by atoms with Crippen LogP contribution in [0.15, 0.2) is 185 Å². The highest BCUT2D eigenvalue weighted by Crippen LogP contribution is 2.39. The molecular weight excluding hydrogens is 735 g/mol. The number of para-hydroxylation sites is 1. The average Bonchev–Trinajstić information content (AvgIpc) is 3.90. The Bertz CT molecular complexity index is 3600. The van der Waals surface area contributed by atoms with Gasteiger partial charge in [-0.1, -0.05) is 133 Å². The van der Waals surface area contributed by atoms with E-state index in [4.69, 9.17) is 23.8 Å². The lowest BCUT2D eigenvalue weighted by Gasteiger charge is -2.13. The summed E-state index contributed by atoms with van der Waals surface area (Å²) in [6.07, 6.45) is 6.44. The molecule has 0 aliphatic heterocycles. The van der Waals surface area contributed by atoms with Crippen molar-refractivity contribution in [3.8, 4) is 67.4 Å². The smallest absolute Gasteiger partial charge is 0.162 e. The Balaban J connectivity index is 1.04. The van der Waals surface area contributed by atoms with Crippen LogP contribution in [-0.4, -0.2) is 15.0 Å². The molecular formula is C55H35N3O2. The minimum atomic E-state index is 0.628. The third kappa shape index (κ3) is 5.74. The zero-order chi connectivity index (χ0) is 39.6. The summed E-state index contributed by atoms with van der Waals surface area (Å²) in [5.41, 5.74) is 15.3. The fourth-order valence-electron chi connectivity index (χ4n) is 8.85. The first-order chi connectivity index (χ1) is 29.7. The molecule has 5 nitrogen and oxygen atoms in total. The minimum absolute atomic E-state index is 0.628. The minimum Gasteiger partial charge on any atom is -0.456 e. The van der Waals surface area contributed by atoms with Gasteiger partial charge in [-0.05, 0) is 89.7 Å². The summed E-state index contributed by atoms with van der Waals surface area (Å²) in [5.74, 6) is 0.628. The number of rotatable bonds is 6. The van der Waals surface area contributed by atoms with Crippen LogP contribution in [0, 0.1) is 0 Å².